The lowest BCUT2D eigenvalue weighted by molar-refractivity contribution is -0.118. The number of carbonyl (C=O) groups excluding carboxylic acids is 2. The summed E-state index contributed by atoms with van der Waals surface area (Å²) in [5.74, 6) is 0.0517. The van der Waals surface area contributed by atoms with Crippen molar-refractivity contribution in [3.8, 4) is 5.75 Å². The van der Waals surface area contributed by atoms with E-state index in [0.29, 0.717) is 23.5 Å². The van der Waals surface area contributed by atoms with E-state index >= 15 is 0 Å². The molecule has 2 N–H and O–H groups in total. The highest BCUT2D eigenvalue weighted by atomic mass is 79.9. The molecule has 2 amide bonds. The lowest BCUT2D eigenvalue weighted by Gasteiger charge is -2.13. The van der Waals surface area contributed by atoms with E-state index in [-0.39, 0.29) is 18.4 Å². The lowest BCUT2D eigenvalue weighted by Crippen LogP contribution is -2.27. The molecule has 5 nitrogen and oxygen atoms in total. The van der Waals surface area contributed by atoms with Gasteiger partial charge >= 0.3 is 0 Å². The summed E-state index contributed by atoms with van der Waals surface area (Å²) in [6.07, 6.45) is 1.91. The van der Waals surface area contributed by atoms with Gasteiger partial charge in [-0.25, -0.2) is 0 Å². The second-order valence-electron chi connectivity index (χ2n) is 6.59. The standard InChI is InChI=1S/C23H23BrN2O3/c1-2-3-14-25-23(28)18-10-6-7-11-19(18)26-21(27)15-29-20-13-12-16-8-4-5-9-17(16)22(20)24/h4-13H,2-3,14-15H2,1H3,(H,25,28)(H,26,27). The molecule has 6 heteroatoms. The Balaban J connectivity index is 1.64. The molecule has 0 bridgehead atoms. The van der Waals surface area contributed by atoms with Crippen LogP contribution in [0.4, 0.5) is 5.69 Å². The maximum atomic E-state index is 12.4. The second-order valence-corrected chi connectivity index (χ2v) is 7.38. The molecule has 0 saturated carbocycles. The van der Waals surface area contributed by atoms with Crippen LogP contribution in [0, 0.1) is 0 Å². The summed E-state index contributed by atoms with van der Waals surface area (Å²) in [5, 5.41) is 7.73. The summed E-state index contributed by atoms with van der Waals surface area (Å²) in [6.45, 7) is 2.51. The highest BCUT2D eigenvalue weighted by Gasteiger charge is 2.14. The third kappa shape index (κ3) is 5.35. The molecule has 0 spiro atoms. The summed E-state index contributed by atoms with van der Waals surface area (Å²) in [6, 6.07) is 18.6. The predicted octanol–water partition coefficient (Wildman–Crippen LogP) is 5.15. The quantitative estimate of drug-likeness (QED) is 0.462. The van der Waals surface area contributed by atoms with Crippen molar-refractivity contribution >= 4 is 44.2 Å². The predicted molar refractivity (Wildman–Crippen MR) is 119 cm³/mol. The maximum Gasteiger partial charge on any atom is 0.262 e. The molecule has 0 atom stereocenters. The topological polar surface area (TPSA) is 67.4 Å². The van der Waals surface area contributed by atoms with Gasteiger partial charge in [0.05, 0.1) is 15.7 Å². The summed E-state index contributed by atoms with van der Waals surface area (Å²) < 4.78 is 6.50. The highest BCUT2D eigenvalue weighted by Crippen LogP contribution is 2.33. The Hall–Kier alpha value is -2.86. The summed E-state index contributed by atoms with van der Waals surface area (Å²) in [5.41, 5.74) is 0.900. The highest BCUT2D eigenvalue weighted by molar-refractivity contribution is 9.10. The Bertz CT molecular complexity index is 1020. The van der Waals surface area contributed by atoms with E-state index in [0.717, 1.165) is 28.1 Å². The normalized spacial score (nSPS) is 10.6. The van der Waals surface area contributed by atoms with E-state index < -0.39 is 0 Å². The fraction of sp³-hybridized carbons (Fsp3) is 0.217. The van der Waals surface area contributed by atoms with Gasteiger partial charge in [-0.15, -0.1) is 0 Å². The average Bonchev–Trinajstić information content (AvgIpc) is 2.74. The van der Waals surface area contributed by atoms with Crippen LogP contribution in [-0.2, 0) is 4.79 Å². The number of benzene rings is 3. The van der Waals surface area contributed by atoms with E-state index in [1.165, 1.54) is 0 Å². The molecule has 0 aliphatic carbocycles. The van der Waals surface area contributed by atoms with E-state index in [2.05, 4.69) is 33.5 Å². The number of ether oxygens (including phenoxy) is 1. The molecular formula is C23H23BrN2O3. The summed E-state index contributed by atoms with van der Waals surface area (Å²) in [7, 11) is 0. The van der Waals surface area contributed by atoms with E-state index in [4.69, 9.17) is 4.74 Å². The number of hydrogen-bond acceptors (Lipinski definition) is 3. The number of amides is 2. The van der Waals surface area contributed by atoms with Crippen LogP contribution in [-0.4, -0.2) is 25.0 Å². The van der Waals surface area contributed by atoms with Crippen LogP contribution in [0.3, 0.4) is 0 Å². The minimum absolute atomic E-state index is 0.164. The van der Waals surface area contributed by atoms with Gasteiger partial charge in [-0.1, -0.05) is 55.8 Å². The smallest absolute Gasteiger partial charge is 0.262 e. The fourth-order valence-corrected chi connectivity index (χ4v) is 3.53. The monoisotopic (exact) mass is 454 g/mol. The molecule has 3 rings (SSSR count). The van der Waals surface area contributed by atoms with Gasteiger partial charge in [0.2, 0.25) is 0 Å². The zero-order chi connectivity index (χ0) is 20.6. The van der Waals surface area contributed by atoms with Gasteiger partial charge in [0, 0.05) is 6.54 Å². The van der Waals surface area contributed by atoms with Crippen LogP contribution < -0.4 is 15.4 Å². The van der Waals surface area contributed by atoms with Gasteiger partial charge in [0.15, 0.2) is 6.61 Å². The molecule has 0 aliphatic rings. The van der Waals surface area contributed by atoms with Crippen LogP contribution in [0.5, 0.6) is 5.75 Å². The van der Waals surface area contributed by atoms with E-state index in [1.807, 2.05) is 36.4 Å². The first kappa shape index (κ1) is 20.9. The minimum atomic E-state index is -0.334. The molecule has 0 aromatic heterocycles. The average molecular weight is 455 g/mol. The van der Waals surface area contributed by atoms with Crippen molar-refractivity contribution in [3.05, 3.63) is 70.7 Å². The Morgan fingerprint density at radius 2 is 1.76 bits per heavy atom. The van der Waals surface area contributed by atoms with Gasteiger partial charge in [-0.2, -0.15) is 0 Å². The Labute approximate surface area is 178 Å². The van der Waals surface area contributed by atoms with Crippen molar-refractivity contribution in [2.24, 2.45) is 0 Å². The molecule has 3 aromatic rings. The lowest BCUT2D eigenvalue weighted by atomic mass is 10.1. The van der Waals surface area contributed by atoms with Crippen molar-refractivity contribution in [1.82, 2.24) is 5.32 Å². The third-order valence-corrected chi connectivity index (χ3v) is 5.27. The first-order chi connectivity index (χ1) is 14.1. The fourth-order valence-electron chi connectivity index (χ4n) is 2.92. The van der Waals surface area contributed by atoms with Crippen LogP contribution in [0.15, 0.2) is 65.1 Å². The number of halogens is 1. The van der Waals surface area contributed by atoms with Crippen molar-refractivity contribution in [1.29, 1.82) is 0 Å². The molecule has 150 valence electrons. The molecule has 0 fully saturated rings. The molecule has 0 radical (unpaired) electrons. The number of carbonyl (C=O) groups is 2. The van der Waals surface area contributed by atoms with Crippen LogP contribution in [0.25, 0.3) is 10.8 Å². The Morgan fingerprint density at radius 3 is 2.59 bits per heavy atom. The maximum absolute atomic E-state index is 12.4. The molecule has 0 aliphatic heterocycles. The van der Waals surface area contributed by atoms with Gasteiger partial charge in [-0.3, -0.25) is 9.59 Å². The number of anilines is 1. The molecule has 3 aromatic carbocycles. The molecule has 0 heterocycles. The number of nitrogens with one attached hydrogen (secondary N) is 2. The first-order valence-corrected chi connectivity index (χ1v) is 10.4. The van der Waals surface area contributed by atoms with Crippen molar-refractivity contribution in [2.75, 3.05) is 18.5 Å². The van der Waals surface area contributed by atoms with Crippen LogP contribution in [0.2, 0.25) is 0 Å². The van der Waals surface area contributed by atoms with Crippen molar-refractivity contribution < 1.29 is 14.3 Å². The van der Waals surface area contributed by atoms with Crippen LogP contribution >= 0.6 is 15.9 Å². The number of fused-ring (bicyclic) bond motifs is 1. The first-order valence-electron chi connectivity index (χ1n) is 9.57. The van der Waals surface area contributed by atoms with Gasteiger partial charge in [-0.05, 0) is 51.3 Å². The van der Waals surface area contributed by atoms with E-state index in [9.17, 15) is 9.59 Å². The minimum Gasteiger partial charge on any atom is -0.483 e. The SMILES string of the molecule is CCCCNC(=O)c1ccccc1NC(=O)COc1ccc2ccccc2c1Br. The number of para-hydroxylation sites is 1. The number of unbranched alkanes of at least 4 members (excludes halogenated alkanes) is 1. The van der Waals surface area contributed by atoms with Gasteiger partial charge in [0.25, 0.3) is 11.8 Å². The summed E-state index contributed by atoms with van der Waals surface area (Å²) in [4.78, 5) is 24.8. The van der Waals surface area contributed by atoms with Crippen LogP contribution in [0.1, 0.15) is 30.1 Å². The van der Waals surface area contributed by atoms with Crippen molar-refractivity contribution in [2.45, 2.75) is 19.8 Å². The number of hydrogen-bond donors (Lipinski definition) is 2. The second kappa shape index (κ2) is 10.1. The molecule has 0 saturated heterocycles. The molecular weight excluding hydrogens is 432 g/mol. The zero-order valence-electron chi connectivity index (χ0n) is 16.2. The Morgan fingerprint density at radius 1 is 1.00 bits per heavy atom. The van der Waals surface area contributed by atoms with E-state index in [1.54, 1.807) is 24.3 Å². The van der Waals surface area contributed by atoms with Crippen molar-refractivity contribution in [3.63, 3.8) is 0 Å². The molecule has 0 unspecified atom stereocenters. The zero-order valence-corrected chi connectivity index (χ0v) is 17.8. The van der Waals surface area contributed by atoms with Gasteiger partial charge in [0.1, 0.15) is 5.75 Å². The number of rotatable bonds is 8. The molecule has 29 heavy (non-hydrogen) atoms. The Kier molecular flexibility index (Phi) is 7.25. The summed E-state index contributed by atoms with van der Waals surface area (Å²) >= 11 is 3.55. The third-order valence-electron chi connectivity index (χ3n) is 4.45. The van der Waals surface area contributed by atoms with Gasteiger partial charge < -0.3 is 15.4 Å². The largest absolute Gasteiger partial charge is 0.483 e.